The summed E-state index contributed by atoms with van der Waals surface area (Å²) in [5.74, 6) is -2.37. The minimum Gasteiger partial charge on any atom is -0.480 e. The molecule has 0 spiro atoms. The minimum atomic E-state index is -4.76. The zero-order valence-corrected chi connectivity index (χ0v) is 40.3. The van der Waals surface area contributed by atoms with Gasteiger partial charge in [0.05, 0.1) is 13.2 Å². The molecular formula is C50H92NO10P. The van der Waals surface area contributed by atoms with E-state index in [0.717, 1.165) is 64.2 Å². The molecule has 0 aliphatic carbocycles. The molecule has 0 bridgehead atoms. The van der Waals surface area contributed by atoms with Crippen molar-refractivity contribution >= 4 is 25.7 Å². The molecule has 0 aromatic heterocycles. The van der Waals surface area contributed by atoms with Gasteiger partial charge in [-0.1, -0.05) is 204 Å². The number of rotatable bonds is 47. The van der Waals surface area contributed by atoms with Crippen molar-refractivity contribution in [3.05, 3.63) is 36.5 Å². The van der Waals surface area contributed by atoms with Gasteiger partial charge in [-0.05, 0) is 51.4 Å². The molecule has 0 fully saturated rings. The van der Waals surface area contributed by atoms with E-state index in [1.807, 2.05) is 0 Å². The Bertz CT molecular complexity index is 1190. The number of aliphatic hydroxyl groups is 1. The Morgan fingerprint density at radius 3 is 1.35 bits per heavy atom. The number of aliphatic hydroxyl groups excluding tert-OH is 1. The predicted octanol–water partition coefficient (Wildman–Crippen LogP) is 13.6. The van der Waals surface area contributed by atoms with E-state index in [0.29, 0.717) is 12.8 Å². The van der Waals surface area contributed by atoms with Gasteiger partial charge in [0.25, 0.3) is 0 Å². The molecule has 0 aliphatic heterocycles. The van der Waals surface area contributed by atoms with E-state index >= 15 is 0 Å². The molecule has 1 amide bonds. The molecule has 0 radical (unpaired) electrons. The first-order chi connectivity index (χ1) is 30.1. The average Bonchev–Trinajstić information content (AvgIpc) is 3.25. The Morgan fingerprint density at radius 2 is 0.887 bits per heavy atom. The fourth-order valence-electron chi connectivity index (χ4n) is 7.03. The van der Waals surface area contributed by atoms with E-state index < -0.39 is 57.6 Å². The van der Waals surface area contributed by atoms with Gasteiger partial charge >= 0.3 is 19.8 Å². The number of esters is 1. The molecule has 3 unspecified atom stereocenters. The van der Waals surface area contributed by atoms with Crippen LogP contribution in [0, 0.1) is 0 Å². The summed E-state index contributed by atoms with van der Waals surface area (Å²) in [6.07, 6.45) is 50.1. The molecule has 0 aromatic carbocycles. The van der Waals surface area contributed by atoms with Crippen molar-refractivity contribution in [3.8, 4) is 0 Å². The molecule has 0 saturated heterocycles. The van der Waals surface area contributed by atoms with Crippen molar-refractivity contribution in [2.45, 2.75) is 244 Å². The fourth-order valence-corrected chi connectivity index (χ4v) is 7.80. The van der Waals surface area contributed by atoms with E-state index in [1.165, 1.54) is 128 Å². The predicted molar refractivity (Wildman–Crippen MR) is 254 cm³/mol. The third-order valence-electron chi connectivity index (χ3n) is 10.9. The summed E-state index contributed by atoms with van der Waals surface area (Å²) >= 11 is 0. The number of hydrogen-bond acceptors (Lipinski definition) is 8. The lowest BCUT2D eigenvalue weighted by Gasteiger charge is -2.18. The monoisotopic (exact) mass is 898 g/mol. The number of carboxylic acid groups (broad SMARTS) is 1. The number of aliphatic carboxylic acids is 1. The van der Waals surface area contributed by atoms with Gasteiger partial charge in [-0.15, -0.1) is 0 Å². The second kappa shape index (κ2) is 45.3. The second-order valence-corrected chi connectivity index (χ2v) is 18.5. The summed E-state index contributed by atoms with van der Waals surface area (Å²) < 4.78 is 26.9. The molecule has 0 aromatic rings. The highest BCUT2D eigenvalue weighted by Gasteiger charge is 2.28. The third-order valence-corrected chi connectivity index (χ3v) is 11.9. The van der Waals surface area contributed by atoms with Crippen molar-refractivity contribution in [2.24, 2.45) is 0 Å². The molecule has 11 nitrogen and oxygen atoms in total. The van der Waals surface area contributed by atoms with Gasteiger partial charge in [0.15, 0.2) is 6.04 Å². The van der Waals surface area contributed by atoms with Gasteiger partial charge < -0.3 is 25.2 Å². The number of amides is 1. The Hall–Kier alpha value is -2.30. The maximum atomic E-state index is 12.4. The third kappa shape index (κ3) is 44.3. The highest BCUT2D eigenvalue weighted by molar-refractivity contribution is 7.47. The fraction of sp³-hybridized carbons (Fsp3) is 0.820. The average molecular weight is 898 g/mol. The number of carbonyl (C=O) groups excluding carboxylic acids is 2. The Labute approximate surface area is 378 Å². The number of allylic oxidation sites excluding steroid dienone is 6. The van der Waals surface area contributed by atoms with Crippen LogP contribution in [0.25, 0.3) is 0 Å². The number of carbonyl (C=O) groups is 3. The van der Waals surface area contributed by atoms with E-state index in [2.05, 4.69) is 55.6 Å². The number of hydrogen-bond donors (Lipinski definition) is 4. The van der Waals surface area contributed by atoms with Crippen LogP contribution in [0.3, 0.4) is 0 Å². The highest BCUT2D eigenvalue weighted by Crippen LogP contribution is 2.43. The largest absolute Gasteiger partial charge is 0.480 e. The lowest BCUT2D eigenvalue weighted by atomic mass is 10.0. The molecule has 0 heterocycles. The number of nitrogens with one attached hydrogen (secondary N) is 1. The summed E-state index contributed by atoms with van der Waals surface area (Å²) in [5.41, 5.74) is 0. The van der Waals surface area contributed by atoms with Crippen LogP contribution >= 0.6 is 7.82 Å². The van der Waals surface area contributed by atoms with Crippen LogP contribution in [-0.2, 0) is 32.7 Å². The van der Waals surface area contributed by atoms with E-state index in [1.54, 1.807) is 0 Å². The van der Waals surface area contributed by atoms with Gasteiger partial charge in [-0.2, -0.15) is 0 Å². The molecule has 0 saturated carbocycles. The first-order valence-electron chi connectivity index (χ1n) is 25.0. The summed E-state index contributed by atoms with van der Waals surface area (Å²) in [6, 6.07) is -1.55. The van der Waals surface area contributed by atoms with Crippen LogP contribution in [0.2, 0.25) is 0 Å². The van der Waals surface area contributed by atoms with Gasteiger partial charge in [0.2, 0.25) is 5.91 Å². The number of carboxylic acids is 1. The van der Waals surface area contributed by atoms with Crippen molar-refractivity contribution < 1.29 is 47.8 Å². The topological polar surface area (TPSA) is 169 Å². The first kappa shape index (κ1) is 59.7. The molecule has 362 valence electrons. The molecule has 3 atom stereocenters. The molecular weight excluding hydrogens is 806 g/mol. The van der Waals surface area contributed by atoms with Crippen LogP contribution in [0.15, 0.2) is 36.5 Å². The lowest BCUT2D eigenvalue weighted by molar-refractivity contribution is -0.147. The van der Waals surface area contributed by atoms with E-state index in [-0.39, 0.29) is 12.8 Å². The smallest absolute Gasteiger partial charge is 0.472 e. The van der Waals surface area contributed by atoms with Crippen molar-refractivity contribution in [2.75, 3.05) is 19.8 Å². The Balaban J connectivity index is 3.85. The Kier molecular flexibility index (Phi) is 43.6. The number of ether oxygens (including phenoxy) is 1. The second-order valence-electron chi connectivity index (χ2n) is 17.0. The summed E-state index contributed by atoms with van der Waals surface area (Å²) in [6.45, 7) is 2.60. The lowest BCUT2D eigenvalue weighted by Crippen LogP contribution is -2.43. The van der Waals surface area contributed by atoms with Gasteiger partial charge in [-0.3, -0.25) is 18.6 Å². The van der Waals surface area contributed by atoms with E-state index in [4.69, 9.17) is 13.8 Å². The molecule has 4 N–H and O–H groups in total. The number of unbranched alkanes of at least 4 members (excludes halogenated alkanes) is 27. The van der Waals surface area contributed by atoms with Crippen LogP contribution in [0.4, 0.5) is 0 Å². The quantitative estimate of drug-likeness (QED) is 0.0200. The Morgan fingerprint density at radius 1 is 0.516 bits per heavy atom. The minimum absolute atomic E-state index is 0.138. The molecule has 62 heavy (non-hydrogen) atoms. The maximum Gasteiger partial charge on any atom is 0.472 e. The van der Waals surface area contributed by atoms with Crippen LogP contribution < -0.4 is 5.32 Å². The molecule has 0 rings (SSSR count). The van der Waals surface area contributed by atoms with Crippen LogP contribution in [-0.4, -0.2) is 64.9 Å². The van der Waals surface area contributed by atoms with Crippen molar-refractivity contribution in [3.63, 3.8) is 0 Å². The van der Waals surface area contributed by atoms with Crippen LogP contribution in [0.1, 0.15) is 232 Å². The summed E-state index contributed by atoms with van der Waals surface area (Å²) in [4.78, 5) is 46.1. The maximum absolute atomic E-state index is 12.4. The highest BCUT2D eigenvalue weighted by atomic mass is 31.2. The molecule has 0 aliphatic rings. The zero-order valence-electron chi connectivity index (χ0n) is 39.4. The van der Waals surface area contributed by atoms with Gasteiger partial charge in [-0.25, -0.2) is 9.36 Å². The van der Waals surface area contributed by atoms with Crippen molar-refractivity contribution in [1.82, 2.24) is 5.32 Å². The standard InChI is InChI=1S/C50H92NO10P/c1-3-5-7-9-11-13-15-17-19-21-22-23-24-26-27-29-31-33-35-37-39-41-48(53)51-47(50(55)56)45-61-62(57,58)60-44-46(52)43-59-49(54)42-40-38-36-34-32-30-28-25-20-18-16-14-12-10-8-6-4-2/h11,13,17,19,22-23,46-47,52H,3-10,12,14-16,18,20-21,24-45H2,1-2H3,(H,51,53)(H,55,56)(H,57,58)/b13-11-,19-17-,23-22-. The SMILES string of the molecule is CCCCC/C=C\C/C=C\C/C=C\CCCCCCCCCCC(=O)NC(COP(=O)(O)OCC(O)COC(=O)CCCCCCCCCCCCCCCCCCC)C(=O)O. The van der Waals surface area contributed by atoms with Gasteiger partial charge in [0, 0.05) is 12.8 Å². The van der Waals surface area contributed by atoms with Crippen LogP contribution in [0.5, 0.6) is 0 Å². The molecule has 12 heteroatoms. The normalized spacial score (nSPS) is 13.9. The summed E-state index contributed by atoms with van der Waals surface area (Å²) in [5, 5.41) is 21.9. The number of phosphoric ester groups is 1. The summed E-state index contributed by atoms with van der Waals surface area (Å²) in [7, 11) is -4.76. The number of phosphoric acid groups is 1. The first-order valence-corrected chi connectivity index (χ1v) is 26.5. The van der Waals surface area contributed by atoms with Crippen molar-refractivity contribution in [1.29, 1.82) is 0 Å². The van der Waals surface area contributed by atoms with Gasteiger partial charge in [0.1, 0.15) is 12.7 Å². The zero-order chi connectivity index (χ0) is 45.6. The van der Waals surface area contributed by atoms with E-state index in [9.17, 15) is 34.1 Å².